The third-order valence-electron chi connectivity index (χ3n) is 2.88. The van der Waals surface area contributed by atoms with Gasteiger partial charge in [-0.15, -0.1) is 0 Å². The van der Waals surface area contributed by atoms with Crippen LogP contribution in [0.15, 0.2) is 12.2 Å². The first-order valence-electron chi connectivity index (χ1n) is 5.89. The van der Waals surface area contributed by atoms with Crippen LogP contribution in [0.25, 0.3) is 0 Å². The zero-order chi connectivity index (χ0) is 10.1. The Morgan fingerprint density at radius 3 is 2.15 bits per heavy atom. The SMILES string of the molecule is CCC=CCC(CC)CC(C)CC. The molecule has 0 aliphatic carbocycles. The summed E-state index contributed by atoms with van der Waals surface area (Å²) in [6, 6.07) is 0. The Labute approximate surface area is 84.4 Å². The van der Waals surface area contributed by atoms with E-state index in [1.807, 2.05) is 0 Å². The van der Waals surface area contributed by atoms with Crippen LogP contribution >= 0.6 is 0 Å². The van der Waals surface area contributed by atoms with Crippen molar-refractivity contribution >= 4 is 0 Å². The molecule has 0 amide bonds. The fourth-order valence-electron chi connectivity index (χ4n) is 1.62. The molecule has 78 valence electrons. The van der Waals surface area contributed by atoms with Gasteiger partial charge in [0.2, 0.25) is 0 Å². The summed E-state index contributed by atoms with van der Waals surface area (Å²) in [4.78, 5) is 0. The summed E-state index contributed by atoms with van der Waals surface area (Å²) in [5, 5.41) is 0. The molecule has 0 radical (unpaired) electrons. The molecule has 0 heterocycles. The van der Waals surface area contributed by atoms with E-state index < -0.39 is 0 Å². The standard InChI is InChI=1S/C13H26/c1-5-8-9-10-13(7-3)11-12(4)6-2/h8-9,12-13H,5-7,10-11H2,1-4H3. The number of hydrogen-bond donors (Lipinski definition) is 0. The quantitative estimate of drug-likeness (QED) is 0.496. The molecule has 0 fully saturated rings. The van der Waals surface area contributed by atoms with Gasteiger partial charge < -0.3 is 0 Å². The first-order chi connectivity index (χ1) is 6.24. The Bertz CT molecular complexity index is 124. The van der Waals surface area contributed by atoms with Crippen LogP contribution < -0.4 is 0 Å². The molecule has 2 unspecified atom stereocenters. The molecule has 0 aromatic carbocycles. The van der Waals surface area contributed by atoms with Gasteiger partial charge in [0, 0.05) is 0 Å². The van der Waals surface area contributed by atoms with Gasteiger partial charge >= 0.3 is 0 Å². The molecule has 0 aliphatic rings. The van der Waals surface area contributed by atoms with Gasteiger partial charge in [-0.3, -0.25) is 0 Å². The summed E-state index contributed by atoms with van der Waals surface area (Å²) in [6.45, 7) is 9.17. The largest absolute Gasteiger partial charge is 0.0888 e. The lowest BCUT2D eigenvalue weighted by Gasteiger charge is -2.16. The van der Waals surface area contributed by atoms with Gasteiger partial charge in [-0.25, -0.2) is 0 Å². The molecule has 0 N–H and O–H groups in total. The highest BCUT2D eigenvalue weighted by atomic mass is 14.1. The number of rotatable bonds is 7. The predicted octanol–water partition coefficient (Wildman–Crippen LogP) is 4.81. The van der Waals surface area contributed by atoms with Crippen molar-refractivity contribution < 1.29 is 0 Å². The van der Waals surface area contributed by atoms with Crippen molar-refractivity contribution in [2.24, 2.45) is 11.8 Å². The predicted molar refractivity (Wildman–Crippen MR) is 61.9 cm³/mol. The number of allylic oxidation sites excluding steroid dienone is 2. The topological polar surface area (TPSA) is 0 Å². The minimum Gasteiger partial charge on any atom is -0.0888 e. The highest BCUT2D eigenvalue weighted by Crippen LogP contribution is 2.21. The van der Waals surface area contributed by atoms with E-state index in [9.17, 15) is 0 Å². The van der Waals surface area contributed by atoms with E-state index in [0.717, 1.165) is 11.8 Å². The van der Waals surface area contributed by atoms with Crippen molar-refractivity contribution in [3.05, 3.63) is 12.2 Å². The summed E-state index contributed by atoms with van der Waals surface area (Å²) >= 11 is 0. The second-order valence-electron chi connectivity index (χ2n) is 4.14. The fourth-order valence-corrected chi connectivity index (χ4v) is 1.62. The smallest absolute Gasteiger partial charge is 0.0322 e. The van der Waals surface area contributed by atoms with Crippen LogP contribution in [0.2, 0.25) is 0 Å². The average molecular weight is 182 g/mol. The average Bonchev–Trinajstić information content (AvgIpc) is 2.16. The summed E-state index contributed by atoms with van der Waals surface area (Å²) < 4.78 is 0. The second-order valence-corrected chi connectivity index (χ2v) is 4.14. The van der Waals surface area contributed by atoms with E-state index in [0.29, 0.717) is 0 Å². The Balaban J connectivity index is 3.68. The Morgan fingerprint density at radius 1 is 1.00 bits per heavy atom. The molecule has 0 bridgehead atoms. The zero-order valence-corrected chi connectivity index (χ0v) is 9.84. The molecule has 0 saturated carbocycles. The van der Waals surface area contributed by atoms with Crippen LogP contribution in [0.5, 0.6) is 0 Å². The van der Waals surface area contributed by atoms with E-state index in [1.165, 1.54) is 32.1 Å². The lowest BCUT2D eigenvalue weighted by atomic mass is 9.89. The molecule has 0 aliphatic heterocycles. The summed E-state index contributed by atoms with van der Waals surface area (Å²) in [5.41, 5.74) is 0. The molecule has 2 atom stereocenters. The van der Waals surface area contributed by atoms with E-state index >= 15 is 0 Å². The maximum atomic E-state index is 2.37. The maximum Gasteiger partial charge on any atom is -0.0322 e. The molecule has 13 heavy (non-hydrogen) atoms. The van der Waals surface area contributed by atoms with E-state index in [2.05, 4.69) is 39.8 Å². The van der Waals surface area contributed by atoms with E-state index in [1.54, 1.807) is 0 Å². The van der Waals surface area contributed by atoms with Gasteiger partial charge in [0.05, 0.1) is 0 Å². The van der Waals surface area contributed by atoms with Crippen LogP contribution in [0.3, 0.4) is 0 Å². The van der Waals surface area contributed by atoms with Crippen molar-refractivity contribution in [3.8, 4) is 0 Å². The third kappa shape index (κ3) is 6.86. The molecule has 0 rings (SSSR count). The molecular weight excluding hydrogens is 156 g/mol. The van der Waals surface area contributed by atoms with Gasteiger partial charge in [-0.1, -0.05) is 52.7 Å². The van der Waals surface area contributed by atoms with Crippen LogP contribution in [0.1, 0.15) is 59.8 Å². The van der Waals surface area contributed by atoms with Crippen molar-refractivity contribution in [2.45, 2.75) is 59.8 Å². The Kier molecular flexibility index (Phi) is 8.18. The van der Waals surface area contributed by atoms with Crippen molar-refractivity contribution in [2.75, 3.05) is 0 Å². The molecule has 0 heteroatoms. The fraction of sp³-hybridized carbons (Fsp3) is 0.846. The van der Waals surface area contributed by atoms with E-state index in [4.69, 9.17) is 0 Å². The minimum absolute atomic E-state index is 0.903. The summed E-state index contributed by atoms with van der Waals surface area (Å²) in [6.07, 6.45) is 11.2. The van der Waals surface area contributed by atoms with Crippen LogP contribution in [0, 0.1) is 11.8 Å². The molecule has 0 saturated heterocycles. The molecule has 0 aromatic heterocycles. The molecule has 0 spiro atoms. The second kappa shape index (κ2) is 8.34. The van der Waals surface area contributed by atoms with Gasteiger partial charge in [-0.05, 0) is 31.1 Å². The Morgan fingerprint density at radius 2 is 1.69 bits per heavy atom. The van der Waals surface area contributed by atoms with Gasteiger partial charge in [-0.2, -0.15) is 0 Å². The highest BCUT2D eigenvalue weighted by Gasteiger charge is 2.08. The van der Waals surface area contributed by atoms with Gasteiger partial charge in [0.15, 0.2) is 0 Å². The van der Waals surface area contributed by atoms with Crippen LogP contribution in [-0.4, -0.2) is 0 Å². The lowest BCUT2D eigenvalue weighted by molar-refractivity contribution is 0.375. The zero-order valence-electron chi connectivity index (χ0n) is 9.84. The summed E-state index contributed by atoms with van der Waals surface area (Å²) in [5.74, 6) is 1.82. The Hall–Kier alpha value is -0.260. The van der Waals surface area contributed by atoms with Crippen molar-refractivity contribution in [3.63, 3.8) is 0 Å². The highest BCUT2D eigenvalue weighted by molar-refractivity contribution is 4.83. The van der Waals surface area contributed by atoms with Crippen LogP contribution in [0.4, 0.5) is 0 Å². The minimum atomic E-state index is 0.903. The van der Waals surface area contributed by atoms with Gasteiger partial charge in [0.1, 0.15) is 0 Å². The van der Waals surface area contributed by atoms with Crippen molar-refractivity contribution in [1.29, 1.82) is 0 Å². The first-order valence-corrected chi connectivity index (χ1v) is 5.89. The maximum absolute atomic E-state index is 2.37. The number of hydrogen-bond acceptors (Lipinski definition) is 0. The summed E-state index contributed by atoms with van der Waals surface area (Å²) in [7, 11) is 0. The van der Waals surface area contributed by atoms with Crippen LogP contribution in [-0.2, 0) is 0 Å². The van der Waals surface area contributed by atoms with Crippen molar-refractivity contribution in [1.82, 2.24) is 0 Å². The normalized spacial score (nSPS) is 16.3. The van der Waals surface area contributed by atoms with E-state index in [-0.39, 0.29) is 0 Å². The molecule has 0 aromatic rings. The third-order valence-corrected chi connectivity index (χ3v) is 2.88. The van der Waals surface area contributed by atoms with Gasteiger partial charge in [0.25, 0.3) is 0 Å². The first kappa shape index (κ1) is 12.7. The molecular formula is C13H26. The molecule has 0 nitrogen and oxygen atoms in total. The lowest BCUT2D eigenvalue weighted by Crippen LogP contribution is -2.04. The monoisotopic (exact) mass is 182 g/mol.